The maximum absolute atomic E-state index is 12.4. The van der Waals surface area contributed by atoms with Gasteiger partial charge in [-0.25, -0.2) is 4.39 Å². The zero-order valence-electron chi connectivity index (χ0n) is 5.21. The molecular formula is C5H9BrFNO2. The second-order valence-electron chi connectivity index (χ2n) is 2.07. The number of hydrogen-bond acceptors (Lipinski definition) is 2. The number of alkyl halides is 1. The van der Waals surface area contributed by atoms with Crippen molar-refractivity contribution in [1.29, 1.82) is 0 Å². The molecule has 5 heteroatoms. The smallest absolute Gasteiger partial charge is 0.323 e. The number of hydrogen-bond donors (Lipinski definition) is 2. The highest BCUT2D eigenvalue weighted by atomic mass is 79.9. The van der Waals surface area contributed by atoms with Crippen LogP contribution in [-0.2, 0) is 4.79 Å². The lowest BCUT2D eigenvalue weighted by atomic mass is 10.2. The van der Waals surface area contributed by atoms with Crippen molar-refractivity contribution in [3.63, 3.8) is 0 Å². The molecule has 1 saturated heterocycles. The van der Waals surface area contributed by atoms with Crippen LogP contribution in [0.4, 0.5) is 4.39 Å². The molecule has 0 aliphatic carbocycles. The Bertz CT molecular complexity index is 133. The van der Waals surface area contributed by atoms with E-state index >= 15 is 0 Å². The summed E-state index contributed by atoms with van der Waals surface area (Å²) in [5, 5.41) is 10.8. The van der Waals surface area contributed by atoms with Crippen molar-refractivity contribution in [1.82, 2.24) is 5.32 Å². The second kappa shape index (κ2) is 3.88. The summed E-state index contributed by atoms with van der Waals surface area (Å²) >= 11 is 0. The van der Waals surface area contributed by atoms with Crippen molar-refractivity contribution in [2.45, 2.75) is 18.6 Å². The number of carbonyl (C=O) groups is 1. The lowest BCUT2D eigenvalue weighted by molar-refractivity contribution is -0.140. The third-order valence-electron chi connectivity index (χ3n) is 1.41. The standard InChI is InChI=1S/C5H8FNO2.BrH/c6-3-1-2-7-4(3)5(8)9;/h3-4,7H,1-2H2,(H,8,9);1H/t3?,4-;/m0./s1. The van der Waals surface area contributed by atoms with Gasteiger partial charge in [0.15, 0.2) is 0 Å². The van der Waals surface area contributed by atoms with Crippen LogP contribution in [0.2, 0.25) is 0 Å². The van der Waals surface area contributed by atoms with E-state index in [1.165, 1.54) is 0 Å². The molecule has 1 aliphatic heterocycles. The quantitative estimate of drug-likeness (QED) is 0.662. The van der Waals surface area contributed by atoms with E-state index < -0.39 is 18.2 Å². The van der Waals surface area contributed by atoms with Crippen LogP contribution in [0.5, 0.6) is 0 Å². The molecule has 1 rings (SSSR count). The number of aliphatic carboxylic acids is 1. The monoisotopic (exact) mass is 213 g/mol. The predicted octanol–water partition coefficient (Wildman–Crippen LogP) is 0.349. The summed E-state index contributed by atoms with van der Waals surface area (Å²) in [6, 6.07) is -0.968. The van der Waals surface area contributed by atoms with Crippen LogP contribution in [0, 0.1) is 0 Å². The van der Waals surface area contributed by atoms with Gasteiger partial charge in [0.1, 0.15) is 12.2 Å². The van der Waals surface area contributed by atoms with Crippen LogP contribution < -0.4 is 5.32 Å². The Kier molecular flexibility index (Phi) is 3.81. The molecule has 0 aromatic heterocycles. The Labute approximate surface area is 68.4 Å². The molecule has 0 spiro atoms. The largest absolute Gasteiger partial charge is 0.480 e. The van der Waals surface area contributed by atoms with Crippen LogP contribution in [0.1, 0.15) is 6.42 Å². The predicted molar refractivity (Wildman–Crippen MR) is 39.3 cm³/mol. The molecule has 2 atom stereocenters. The SMILES string of the molecule is Br.O=C(O)[C@H]1NCCC1F. The van der Waals surface area contributed by atoms with Crippen molar-refractivity contribution in [3.8, 4) is 0 Å². The summed E-state index contributed by atoms with van der Waals surface area (Å²) in [6.45, 7) is 0.470. The number of carboxylic acid groups (broad SMARTS) is 1. The minimum atomic E-state index is -1.21. The Hall–Kier alpha value is -0.160. The van der Waals surface area contributed by atoms with E-state index in [9.17, 15) is 9.18 Å². The summed E-state index contributed by atoms with van der Waals surface area (Å²) in [5.41, 5.74) is 0. The van der Waals surface area contributed by atoms with Crippen LogP contribution in [0.3, 0.4) is 0 Å². The molecule has 1 unspecified atom stereocenters. The minimum absolute atomic E-state index is 0. The maximum Gasteiger partial charge on any atom is 0.323 e. The summed E-state index contributed by atoms with van der Waals surface area (Å²) in [6.07, 6.45) is -0.890. The van der Waals surface area contributed by atoms with E-state index in [1.807, 2.05) is 0 Å². The first-order valence-corrected chi connectivity index (χ1v) is 2.82. The molecule has 1 heterocycles. The third-order valence-corrected chi connectivity index (χ3v) is 1.41. The first-order valence-electron chi connectivity index (χ1n) is 2.82. The molecule has 0 aromatic rings. The molecule has 1 aliphatic rings. The van der Waals surface area contributed by atoms with Crippen molar-refractivity contribution >= 4 is 23.0 Å². The second-order valence-corrected chi connectivity index (χ2v) is 2.07. The van der Waals surface area contributed by atoms with E-state index in [0.29, 0.717) is 13.0 Å². The Balaban J connectivity index is 0.000000810. The number of rotatable bonds is 1. The normalized spacial score (nSPS) is 31.3. The molecule has 2 N–H and O–H groups in total. The van der Waals surface area contributed by atoms with Gasteiger partial charge in [-0.3, -0.25) is 4.79 Å². The first-order chi connectivity index (χ1) is 4.22. The molecule has 0 radical (unpaired) electrons. The lowest BCUT2D eigenvalue weighted by Gasteiger charge is -2.04. The fraction of sp³-hybridized carbons (Fsp3) is 0.800. The highest BCUT2D eigenvalue weighted by Gasteiger charge is 2.32. The lowest BCUT2D eigenvalue weighted by Crippen LogP contribution is -2.36. The van der Waals surface area contributed by atoms with Gasteiger partial charge in [-0.2, -0.15) is 0 Å². The van der Waals surface area contributed by atoms with Crippen molar-refractivity contribution < 1.29 is 14.3 Å². The summed E-state index contributed by atoms with van der Waals surface area (Å²) in [4.78, 5) is 10.1. The topological polar surface area (TPSA) is 49.3 Å². The average Bonchev–Trinajstić information content (AvgIpc) is 2.13. The number of nitrogens with one attached hydrogen (secondary N) is 1. The minimum Gasteiger partial charge on any atom is -0.480 e. The number of halogens is 2. The van der Waals surface area contributed by atoms with Gasteiger partial charge in [-0.05, 0) is 13.0 Å². The van der Waals surface area contributed by atoms with Crippen LogP contribution in [0.15, 0.2) is 0 Å². The van der Waals surface area contributed by atoms with Gasteiger partial charge in [-0.15, -0.1) is 17.0 Å². The average molecular weight is 214 g/mol. The van der Waals surface area contributed by atoms with Gasteiger partial charge in [0.2, 0.25) is 0 Å². The van der Waals surface area contributed by atoms with Crippen LogP contribution >= 0.6 is 17.0 Å². The Morgan fingerprint density at radius 3 is 2.50 bits per heavy atom. The molecule has 0 bridgehead atoms. The third kappa shape index (κ3) is 1.91. The van der Waals surface area contributed by atoms with Crippen LogP contribution in [-0.4, -0.2) is 29.8 Å². The van der Waals surface area contributed by atoms with E-state index in [-0.39, 0.29) is 17.0 Å². The van der Waals surface area contributed by atoms with Gasteiger partial charge in [0, 0.05) is 0 Å². The highest BCUT2D eigenvalue weighted by molar-refractivity contribution is 8.93. The molecule has 60 valence electrons. The maximum atomic E-state index is 12.4. The fourth-order valence-corrected chi connectivity index (χ4v) is 0.913. The Morgan fingerprint density at radius 2 is 2.30 bits per heavy atom. The molecule has 0 amide bonds. The fourth-order valence-electron chi connectivity index (χ4n) is 0.913. The van der Waals surface area contributed by atoms with Gasteiger partial charge < -0.3 is 10.4 Å². The van der Waals surface area contributed by atoms with Crippen molar-refractivity contribution in [2.75, 3.05) is 6.54 Å². The van der Waals surface area contributed by atoms with Crippen molar-refractivity contribution in [3.05, 3.63) is 0 Å². The van der Waals surface area contributed by atoms with Gasteiger partial charge in [-0.1, -0.05) is 0 Å². The van der Waals surface area contributed by atoms with E-state index in [0.717, 1.165) is 0 Å². The summed E-state index contributed by atoms with van der Waals surface area (Å²) in [7, 11) is 0. The number of carboxylic acids is 1. The highest BCUT2D eigenvalue weighted by Crippen LogP contribution is 2.10. The molecule has 1 fully saturated rings. The van der Waals surface area contributed by atoms with Gasteiger partial charge in [0.25, 0.3) is 0 Å². The molecule has 10 heavy (non-hydrogen) atoms. The van der Waals surface area contributed by atoms with E-state index in [1.54, 1.807) is 0 Å². The zero-order chi connectivity index (χ0) is 6.85. The summed E-state index contributed by atoms with van der Waals surface area (Å²) < 4.78 is 12.4. The van der Waals surface area contributed by atoms with Gasteiger partial charge >= 0.3 is 5.97 Å². The zero-order valence-corrected chi connectivity index (χ0v) is 6.92. The van der Waals surface area contributed by atoms with E-state index in [4.69, 9.17) is 5.11 Å². The van der Waals surface area contributed by atoms with Crippen molar-refractivity contribution in [2.24, 2.45) is 0 Å². The van der Waals surface area contributed by atoms with Gasteiger partial charge in [0.05, 0.1) is 0 Å². The summed E-state index contributed by atoms with van der Waals surface area (Å²) in [5.74, 6) is -1.10. The molecule has 0 saturated carbocycles. The van der Waals surface area contributed by atoms with Crippen LogP contribution in [0.25, 0.3) is 0 Å². The first kappa shape index (κ1) is 9.84. The Morgan fingerprint density at radius 1 is 1.70 bits per heavy atom. The van der Waals surface area contributed by atoms with E-state index in [2.05, 4.69) is 5.32 Å². The molecule has 0 aromatic carbocycles. The molecular weight excluding hydrogens is 205 g/mol. The molecule has 3 nitrogen and oxygen atoms in total.